The van der Waals surface area contributed by atoms with Crippen molar-refractivity contribution in [2.45, 2.75) is 12.8 Å². The van der Waals surface area contributed by atoms with E-state index in [4.69, 9.17) is 4.74 Å². The summed E-state index contributed by atoms with van der Waals surface area (Å²) in [5.74, 6) is 0.669. The summed E-state index contributed by atoms with van der Waals surface area (Å²) in [6.45, 7) is 3.80. The number of ketones is 1. The van der Waals surface area contributed by atoms with Crippen molar-refractivity contribution in [2.75, 3.05) is 26.2 Å². The number of benzene rings is 3. The van der Waals surface area contributed by atoms with Crippen molar-refractivity contribution in [1.82, 2.24) is 4.90 Å². The number of ether oxygens (including phenoxy) is 1. The van der Waals surface area contributed by atoms with E-state index in [1.54, 1.807) is 42.5 Å². The van der Waals surface area contributed by atoms with Gasteiger partial charge in [0.2, 0.25) is 0 Å². The van der Waals surface area contributed by atoms with E-state index in [0.717, 1.165) is 25.4 Å². The summed E-state index contributed by atoms with van der Waals surface area (Å²) in [5.41, 5.74) is 1.62. The molecule has 1 atom stereocenters. The Morgan fingerprint density at radius 3 is 2.39 bits per heavy atom. The fraction of sp³-hybridized carbons (Fsp3) is 0.222. The lowest BCUT2D eigenvalue weighted by atomic mass is 9.97. The SMILES string of the molecule is O=C(c1ccc(OCCN2CCCC2)cc1)c1c(-c2ccc(O)cc2)[s+]([O-])c2ccccc12. The Kier molecular flexibility index (Phi) is 6.13. The van der Waals surface area contributed by atoms with Crippen LogP contribution in [0.3, 0.4) is 0 Å². The molecule has 1 fully saturated rings. The minimum atomic E-state index is -1.48. The van der Waals surface area contributed by atoms with Crippen molar-refractivity contribution < 1.29 is 19.2 Å². The molecule has 5 rings (SSSR count). The van der Waals surface area contributed by atoms with Crippen LogP contribution in [0.4, 0.5) is 0 Å². The molecule has 33 heavy (non-hydrogen) atoms. The van der Waals surface area contributed by atoms with Crippen LogP contribution < -0.4 is 4.74 Å². The number of nitrogens with zero attached hydrogens (tertiary/aromatic N) is 1. The Labute approximate surface area is 195 Å². The second-order valence-electron chi connectivity index (χ2n) is 8.27. The van der Waals surface area contributed by atoms with Crippen LogP contribution in [0.5, 0.6) is 11.5 Å². The highest BCUT2D eigenvalue weighted by atomic mass is 32.2. The smallest absolute Gasteiger partial charge is 0.199 e. The molecule has 0 amide bonds. The van der Waals surface area contributed by atoms with E-state index >= 15 is 0 Å². The van der Waals surface area contributed by atoms with E-state index in [1.807, 2.05) is 30.3 Å². The van der Waals surface area contributed by atoms with Gasteiger partial charge in [-0.2, -0.15) is 0 Å². The van der Waals surface area contributed by atoms with E-state index in [-0.39, 0.29) is 11.5 Å². The number of hydrogen-bond donors (Lipinski definition) is 1. The highest BCUT2D eigenvalue weighted by Gasteiger charge is 2.29. The van der Waals surface area contributed by atoms with Crippen LogP contribution in [0.1, 0.15) is 28.8 Å². The average molecular weight is 460 g/mol. The number of phenolic OH excluding ortho intramolecular Hbond substituents is 1. The van der Waals surface area contributed by atoms with Crippen LogP contribution in [0.2, 0.25) is 0 Å². The number of carbonyl (C=O) groups excluding carboxylic acids is 1. The lowest BCUT2D eigenvalue weighted by Gasteiger charge is -2.15. The van der Waals surface area contributed by atoms with E-state index in [2.05, 4.69) is 4.90 Å². The lowest BCUT2D eigenvalue weighted by molar-refractivity contribution is 0.104. The van der Waals surface area contributed by atoms with Gasteiger partial charge in [0.05, 0.1) is 10.9 Å². The Morgan fingerprint density at radius 1 is 0.970 bits per heavy atom. The molecule has 1 aliphatic heterocycles. The van der Waals surface area contributed by atoms with Gasteiger partial charge in [0, 0.05) is 17.7 Å². The number of aromatic hydroxyl groups is 1. The van der Waals surface area contributed by atoms with E-state index in [0.29, 0.717) is 38.3 Å². The molecule has 5 nitrogen and oxygen atoms in total. The fourth-order valence-electron chi connectivity index (χ4n) is 4.40. The third kappa shape index (κ3) is 4.37. The van der Waals surface area contributed by atoms with Crippen molar-refractivity contribution in [2.24, 2.45) is 0 Å². The van der Waals surface area contributed by atoms with Crippen LogP contribution in [0, 0.1) is 0 Å². The topological polar surface area (TPSA) is 72.8 Å². The van der Waals surface area contributed by atoms with Gasteiger partial charge in [0.1, 0.15) is 18.1 Å². The van der Waals surface area contributed by atoms with Crippen LogP contribution >= 0.6 is 10.8 Å². The number of thiophene rings is 1. The molecule has 1 saturated heterocycles. The zero-order valence-corrected chi connectivity index (χ0v) is 19.0. The van der Waals surface area contributed by atoms with Gasteiger partial charge in [-0.25, -0.2) is 0 Å². The number of likely N-dealkylation sites (tertiary alicyclic amines) is 1. The number of phenols is 1. The van der Waals surface area contributed by atoms with Crippen molar-refractivity contribution in [3.05, 3.63) is 83.9 Å². The largest absolute Gasteiger partial charge is 0.590 e. The fourth-order valence-corrected chi connectivity index (χ4v) is 5.93. The normalized spacial score (nSPS) is 14.6. The van der Waals surface area contributed by atoms with Crippen LogP contribution in [0.25, 0.3) is 20.5 Å². The lowest BCUT2D eigenvalue weighted by Crippen LogP contribution is -2.25. The maximum atomic E-state index is 13.6. The molecular weight excluding hydrogens is 434 g/mol. The quantitative estimate of drug-likeness (QED) is 0.286. The third-order valence-electron chi connectivity index (χ3n) is 6.12. The van der Waals surface area contributed by atoms with Gasteiger partial charge < -0.3 is 14.4 Å². The summed E-state index contributed by atoms with van der Waals surface area (Å²) in [4.78, 5) is 16.5. The first kappa shape index (κ1) is 21.6. The summed E-state index contributed by atoms with van der Waals surface area (Å²) in [6.07, 6.45) is 2.51. The molecule has 0 spiro atoms. The maximum Gasteiger partial charge on any atom is 0.199 e. The highest BCUT2D eigenvalue weighted by Crippen LogP contribution is 2.45. The van der Waals surface area contributed by atoms with E-state index < -0.39 is 10.8 Å². The molecule has 4 aromatic rings. The second-order valence-corrected chi connectivity index (χ2v) is 9.65. The van der Waals surface area contributed by atoms with Gasteiger partial charge in [-0.05, 0) is 97.3 Å². The molecule has 6 heteroatoms. The zero-order chi connectivity index (χ0) is 22.8. The molecule has 0 saturated carbocycles. The summed E-state index contributed by atoms with van der Waals surface area (Å²) >= 11 is 0. The predicted molar refractivity (Wildman–Crippen MR) is 131 cm³/mol. The van der Waals surface area contributed by atoms with E-state index in [9.17, 15) is 14.5 Å². The maximum absolute atomic E-state index is 13.6. The van der Waals surface area contributed by atoms with Crippen molar-refractivity contribution in [1.29, 1.82) is 0 Å². The second kappa shape index (κ2) is 9.35. The summed E-state index contributed by atoms with van der Waals surface area (Å²) < 4.78 is 19.8. The Morgan fingerprint density at radius 2 is 1.67 bits per heavy atom. The number of rotatable bonds is 7. The molecular formula is C27H25NO4S. The molecule has 0 aliphatic carbocycles. The molecule has 3 aromatic carbocycles. The molecule has 1 aliphatic rings. The first-order chi connectivity index (χ1) is 16.1. The standard InChI is InChI=1S/C27H25NO4S/c29-21-11-7-20(8-12-21)27-25(23-5-1-2-6-24(23)33(27)31)26(30)19-9-13-22(14-10-19)32-18-17-28-15-3-4-16-28/h1-2,5-14,29H,3-4,15-18H2. The summed E-state index contributed by atoms with van der Waals surface area (Å²) in [5, 5.41) is 10.4. The highest BCUT2D eigenvalue weighted by molar-refractivity contribution is 7.35. The molecule has 2 heterocycles. The first-order valence-corrected chi connectivity index (χ1v) is 12.3. The van der Waals surface area contributed by atoms with Gasteiger partial charge in [-0.3, -0.25) is 9.69 Å². The van der Waals surface area contributed by atoms with Gasteiger partial charge in [-0.15, -0.1) is 0 Å². The third-order valence-corrected chi connectivity index (χ3v) is 7.68. The van der Waals surface area contributed by atoms with Crippen molar-refractivity contribution >= 4 is 26.6 Å². The minimum absolute atomic E-state index is 0.119. The van der Waals surface area contributed by atoms with Crippen LogP contribution in [-0.2, 0) is 0 Å². The van der Waals surface area contributed by atoms with Crippen LogP contribution in [-0.4, -0.2) is 46.6 Å². The molecule has 0 radical (unpaired) electrons. The average Bonchev–Trinajstić information content (AvgIpc) is 3.46. The first-order valence-electron chi connectivity index (χ1n) is 11.2. The van der Waals surface area contributed by atoms with Gasteiger partial charge >= 0.3 is 0 Å². The Balaban J connectivity index is 1.44. The summed E-state index contributed by atoms with van der Waals surface area (Å²) in [7, 11) is -1.48. The molecule has 1 N–H and O–H groups in total. The number of fused-ring (bicyclic) bond motifs is 1. The number of hydrogen-bond acceptors (Lipinski definition) is 5. The minimum Gasteiger partial charge on any atom is -0.590 e. The molecule has 0 bridgehead atoms. The molecule has 1 aromatic heterocycles. The molecule has 1 unspecified atom stereocenters. The Bertz CT molecular complexity index is 1270. The van der Waals surface area contributed by atoms with Gasteiger partial charge in [-0.1, -0.05) is 12.1 Å². The summed E-state index contributed by atoms with van der Waals surface area (Å²) in [6, 6.07) is 20.9. The van der Waals surface area contributed by atoms with Crippen LogP contribution in [0.15, 0.2) is 72.8 Å². The van der Waals surface area contributed by atoms with Gasteiger partial charge in [0.15, 0.2) is 15.4 Å². The van der Waals surface area contributed by atoms with Crippen molar-refractivity contribution in [3.63, 3.8) is 0 Å². The molecule has 168 valence electrons. The van der Waals surface area contributed by atoms with E-state index in [1.165, 1.54) is 12.8 Å². The zero-order valence-electron chi connectivity index (χ0n) is 18.2. The Hall–Kier alpha value is -3.19. The number of carbonyl (C=O) groups is 1. The van der Waals surface area contributed by atoms with Gasteiger partial charge in [0.25, 0.3) is 0 Å². The monoisotopic (exact) mass is 459 g/mol. The predicted octanol–water partition coefficient (Wildman–Crippen LogP) is 5.65. The van der Waals surface area contributed by atoms with Crippen molar-refractivity contribution in [3.8, 4) is 21.9 Å².